The van der Waals surface area contributed by atoms with Crippen LogP contribution in [0, 0.1) is 21.4 Å². The third-order valence-electron chi connectivity index (χ3n) is 5.88. The van der Waals surface area contributed by atoms with E-state index in [0.29, 0.717) is 30.9 Å². The number of nitrogens with zero attached hydrogens (tertiary/aromatic N) is 1. The Morgan fingerprint density at radius 2 is 1.94 bits per heavy atom. The highest BCUT2D eigenvalue weighted by molar-refractivity contribution is 5.91. The monoisotopic (exact) mass is 422 g/mol. The zero-order valence-electron chi connectivity index (χ0n) is 16.8. The summed E-state index contributed by atoms with van der Waals surface area (Å²) in [6.07, 6.45) is 2.08. The maximum atomic E-state index is 12.4. The standard InChI is InChI=1S/C23H22N2O6/c1-15-10-17-13-31-22(27)23(17,11-15)12-16-2-4-18(5-3-16)24-21(26)14-30-20-8-6-19(7-9-20)25(28)29/h2-9,17H,1,10-14H2,(H,24,26). The predicted molar refractivity (Wildman–Crippen MR) is 113 cm³/mol. The molecule has 1 N–H and O–H groups in total. The molecule has 1 saturated carbocycles. The average molecular weight is 422 g/mol. The molecule has 2 fully saturated rings. The van der Waals surface area contributed by atoms with Crippen molar-refractivity contribution in [1.82, 2.24) is 0 Å². The van der Waals surface area contributed by atoms with E-state index in [0.717, 1.165) is 17.6 Å². The number of ether oxygens (including phenoxy) is 2. The number of fused-ring (bicyclic) bond motifs is 1. The Bertz CT molecular complexity index is 1030. The van der Waals surface area contributed by atoms with E-state index < -0.39 is 10.3 Å². The molecular weight excluding hydrogens is 400 g/mol. The van der Waals surface area contributed by atoms with Gasteiger partial charge in [0.15, 0.2) is 6.61 Å². The molecule has 0 spiro atoms. The first-order valence-electron chi connectivity index (χ1n) is 9.96. The molecule has 2 unspecified atom stereocenters. The summed E-state index contributed by atoms with van der Waals surface area (Å²) in [6.45, 7) is 4.29. The van der Waals surface area contributed by atoms with Crippen LogP contribution in [0.2, 0.25) is 0 Å². The molecule has 2 aromatic carbocycles. The number of benzene rings is 2. The molecule has 1 aliphatic carbocycles. The summed E-state index contributed by atoms with van der Waals surface area (Å²) in [5.41, 5.74) is 2.15. The molecular formula is C23H22N2O6. The van der Waals surface area contributed by atoms with Crippen molar-refractivity contribution < 1.29 is 24.0 Å². The fourth-order valence-electron chi connectivity index (χ4n) is 4.34. The predicted octanol–water partition coefficient (Wildman–Crippen LogP) is 3.66. The molecule has 2 aromatic rings. The molecule has 2 atom stereocenters. The second kappa shape index (κ2) is 8.22. The van der Waals surface area contributed by atoms with Gasteiger partial charge in [0.25, 0.3) is 11.6 Å². The number of allylic oxidation sites excluding steroid dienone is 1. The van der Waals surface area contributed by atoms with Crippen LogP contribution in [0.5, 0.6) is 5.75 Å². The summed E-state index contributed by atoms with van der Waals surface area (Å²) in [4.78, 5) is 34.7. The van der Waals surface area contributed by atoms with E-state index in [2.05, 4.69) is 11.9 Å². The van der Waals surface area contributed by atoms with Crippen molar-refractivity contribution >= 4 is 23.3 Å². The quantitative estimate of drug-likeness (QED) is 0.316. The third kappa shape index (κ3) is 4.28. The van der Waals surface area contributed by atoms with Crippen molar-refractivity contribution in [3.63, 3.8) is 0 Å². The van der Waals surface area contributed by atoms with Gasteiger partial charge in [-0.1, -0.05) is 24.3 Å². The summed E-state index contributed by atoms with van der Waals surface area (Å²) in [5, 5.41) is 13.4. The molecule has 31 heavy (non-hydrogen) atoms. The summed E-state index contributed by atoms with van der Waals surface area (Å²) in [6, 6.07) is 12.9. The zero-order chi connectivity index (χ0) is 22.0. The van der Waals surface area contributed by atoms with Crippen molar-refractivity contribution in [2.45, 2.75) is 19.3 Å². The normalized spacial score (nSPS) is 22.0. The molecule has 0 radical (unpaired) electrons. The zero-order valence-corrected chi connectivity index (χ0v) is 16.8. The van der Waals surface area contributed by atoms with Gasteiger partial charge >= 0.3 is 5.97 Å². The molecule has 0 bridgehead atoms. The van der Waals surface area contributed by atoms with Crippen LogP contribution in [-0.4, -0.2) is 30.0 Å². The first-order chi connectivity index (χ1) is 14.9. The molecule has 8 nitrogen and oxygen atoms in total. The number of nitro benzene ring substituents is 1. The van der Waals surface area contributed by atoms with Gasteiger partial charge in [0.1, 0.15) is 5.75 Å². The number of non-ortho nitro benzene ring substituents is 1. The van der Waals surface area contributed by atoms with Crippen molar-refractivity contribution in [3.05, 3.63) is 76.4 Å². The van der Waals surface area contributed by atoms with Crippen molar-refractivity contribution in [2.75, 3.05) is 18.5 Å². The Hall–Kier alpha value is -3.68. The molecule has 160 valence electrons. The van der Waals surface area contributed by atoms with Crippen LogP contribution in [-0.2, 0) is 20.7 Å². The molecule has 8 heteroatoms. The minimum Gasteiger partial charge on any atom is -0.484 e. The van der Waals surface area contributed by atoms with E-state index in [4.69, 9.17) is 9.47 Å². The van der Waals surface area contributed by atoms with E-state index in [1.807, 2.05) is 12.1 Å². The first kappa shape index (κ1) is 20.6. The minimum atomic E-state index is -0.513. The van der Waals surface area contributed by atoms with E-state index >= 15 is 0 Å². The number of hydrogen-bond donors (Lipinski definition) is 1. The molecule has 4 rings (SSSR count). The first-order valence-corrected chi connectivity index (χ1v) is 9.96. The van der Waals surface area contributed by atoms with Crippen LogP contribution in [0.4, 0.5) is 11.4 Å². The maximum absolute atomic E-state index is 12.4. The largest absolute Gasteiger partial charge is 0.484 e. The number of cyclic esters (lactones) is 1. The maximum Gasteiger partial charge on any atom is 0.313 e. The highest BCUT2D eigenvalue weighted by atomic mass is 16.6. The fourth-order valence-corrected chi connectivity index (χ4v) is 4.34. The van der Waals surface area contributed by atoms with Crippen LogP contribution >= 0.6 is 0 Å². The highest BCUT2D eigenvalue weighted by Crippen LogP contribution is 2.52. The Morgan fingerprint density at radius 3 is 2.61 bits per heavy atom. The van der Waals surface area contributed by atoms with E-state index in [9.17, 15) is 19.7 Å². The van der Waals surface area contributed by atoms with E-state index in [-0.39, 0.29) is 30.1 Å². The number of carbonyl (C=O) groups excluding carboxylic acids is 2. The lowest BCUT2D eigenvalue weighted by atomic mass is 9.75. The molecule has 2 aliphatic rings. The van der Waals surface area contributed by atoms with Gasteiger partial charge in [-0.3, -0.25) is 19.7 Å². The lowest BCUT2D eigenvalue weighted by Crippen LogP contribution is -2.31. The molecule has 1 aliphatic heterocycles. The molecule has 1 amide bonds. The molecule has 0 aromatic heterocycles. The number of rotatable bonds is 7. The number of anilines is 1. The second-order valence-electron chi connectivity index (χ2n) is 8.04. The minimum absolute atomic E-state index is 0.0458. The van der Waals surface area contributed by atoms with Gasteiger partial charge in [-0.25, -0.2) is 0 Å². The highest BCUT2D eigenvalue weighted by Gasteiger charge is 2.55. The lowest BCUT2D eigenvalue weighted by Gasteiger charge is -2.24. The number of nitrogens with one attached hydrogen (secondary N) is 1. The van der Waals surface area contributed by atoms with Gasteiger partial charge in [-0.05, 0) is 49.1 Å². The average Bonchev–Trinajstić information content (AvgIpc) is 3.22. The number of amides is 1. The Balaban J connectivity index is 1.32. The third-order valence-corrected chi connectivity index (χ3v) is 5.88. The Morgan fingerprint density at radius 1 is 1.23 bits per heavy atom. The number of esters is 1. The summed E-state index contributed by atoms with van der Waals surface area (Å²) >= 11 is 0. The van der Waals surface area contributed by atoms with Gasteiger partial charge in [-0.2, -0.15) is 0 Å². The smallest absolute Gasteiger partial charge is 0.313 e. The topological polar surface area (TPSA) is 108 Å². The fraction of sp³-hybridized carbons (Fsp3) is 0.304. The second-order valence-corrected chi connectivity index (χ2v) is 8.04. The summed E-state index contributed by atoms with van der Waals surface area (Å²) in [5.74, 6) is 0.0584. The number of carbonyl (C=O) groups is 2. The number of hydrogen-bond acceptors (Lipinski definition) is 6. The van der Waals surface area contributed by atoms with Gasteiger partial charge in [0.05, 0.1) is 16.9 Å². The van der Waals surface area contributed by atoms with Crippen molar-refractivity contribution in [2.24, 2.45) is 11.3 Å². The Kier molecular flexibility index (Phi) is 5.46. The van der Waals surface area contributed by atoms with Crippen LogP contribution < -0.4 is 10.1 Å². The number of nitro groups is 1. The van der Waals surface area contributed by atoms with Crippen molar-refractivity contribution in [1.29, 1.82) is 0 Å². The van der Waals surface area contributed by atoms with Gasteiger partial charge in [0, 0.05) is 23.7 Å². The van der Waals surface area contributed by atoms with Gasteiger partial charge in [-0.15, -0.1) is 0 Å². The van der Waals surface area contributed by atoms with E-state index in [1.165, 1.54) is 24.3 Å². The Labute approximate surface area is 179 Å². The molecule has 1 heterocycles. The molecule has 1 saturated heterocycles. The van der Waals surface area contributed by atoms with Crippen LogP contribution in [0.1, 0.15) is 18.4 Å². The van der Waals surface area contributed by atoms with Crippen LogP contribution in [0.3, 0.4) is 0 Å². The van der Waals surface area contributed by atoms with Gasteiger partial charge in [0.2, 0.25) is 0 Å². The van der Waals surface area contributed by atoms with E-state index in [1.54, 1.807) is 12.1 Å². The van der Waals surface area contributed by atoms with Crippen LogP contribution in [0.15, 0.2) is 60.7 Å². The van der Waals surface area contributed by atoms with Crippen LogP contribution in [0.25, 0.3) is 0 Å². The van der Waals surface area contributed by atoms with Gasteiger partial charge < -0.3 is 14.8 Å². The lowest BCUT2D eigenvalue weighted by molar-refractivity contribution is -0.384. The summed E-state index contributed by atoms with van der Waals surface area (Å²) < 4.78 is 10.7. The SMILES string of the molecule is C=C1CC2COC(=O)C2(Cc2ccc(NC(=O)COc3ccc([N+](=O)[O-])cc3)cc2)C1. The van der Waals surface area contributed by atoms with Crippen molar-refractivity contribution in [3.8, 4) is 5.75 Å². The summed E-state index contributed by atoms with van der Waals surface area (Å²) in [7, 11) is 0.